The van der Waals surface area contributed by atoms with E-state index in [9.17, 15) is 14.0 Å². The van der Waals surface area contributed by atoms with Crippen LogP contribution in [0.3, 0.4) is 0 Å². The number of hydrogen-bond acceptors (Lipinski definition) is 7. The quantitative estimate of drug-likeness (QED) is 0.569. The van der Waals surface area contributed by atoms with Crippen LogP contribution in [0, 0.1) is 17.7 Å². The first kappa shape index (κ1) is 21.3. The molecule has 11 heteroatoms. The van der Waals surface area contributed by atoms with Crippen LogP contribution in [0.15, 0.2) is 23.0 Å². The lowest BCUT2D eigenvalue weighted by molar-refractivity contribution is 0.0696. The fourth-order valence-electron chi connectivity index (χ4n) is 3.45. The van der Waals surface area contributed by atoms with Gasteiger partial charge in [0.05, 0.1) is 12.1 Å². The van der Waals surface area contributed by atoms with Gasteiger partial charge in [-0.2, -0.15) is 9.97 Å². The van der Waals surface area contributed by atoms with Gasteiger partial charge in [-0.25, -0.2) is 9.18 Å². The number of nitrogens with zero attached hydrogens (tertiary/aromatic N) is 5. The number of ether oxygens (including phenoxy) is 1. The number of benzene rings is 1. The molecule has 1 aliphatic rings. The number of hydrogen-bond donors (Lipinski definition) is 2. The fourth-order valence-corrected chi connectivity index (χ4v) is 3.45. The predicted molar refractivity (Wildman–Crippen MR) is 115 cm³/mol. The molecule has 0 aliphatic carbocycles. The summed E-state index contributed by atoms with van der Waals surface area (Å²) in [6, 6.07) is 3.06. The summed E-state index contributed by atoms with van der Waals surface area (Å²) in [4.78, 5) is 35.2. The van der Waals surface area contributed by atoms with Crippen LogP contribution >= 0.6 is 0 Å². The summed E-state index contributed by atoms with van der Waals surface area (Å²) in [5.41, 5.74) is -0.196. The van der Waals surface area contributed by atoms with Crippen LogP contribution in [0.2, 0.25) is 0 Å². The number of anilines is 1. The van der Waals surface area contributed by atoms with Gasteiger partial charge in [0.25, 0.3) is 5.56 Å². The number of nitrogens with one attached hydrogen (secondary N) is 1. The lowest BCUT2D eigenvalue weighted by atomic mass is 10.2. The molecule has 0 saturated carbocycles. The molecule has 3 aromatic rings. The van der Waals surface area contributed by atoms with Crippen molar-refractivity contribution in [3.05, 3.63) is 39.9 Å². The maximum atomic E-state index is 14.3. The zero-order valence-electron chi connectivity index (χ0n) is 17.6. The van der Waals surface area contributed by atoms with Crippen molar-refractivity contribution < 1.29 is 19.0 Å². The molecule has 10 nitrogen and oxygen atoms in total. The predicted octanol–water partition coefficient (Wildman–Crippen LogP) is 1.19. The van der Waals surface area contributed by atoms with Crippen LogP contribution in [0.4, 0.5) is 10.3 Å². The highest BCUT2D eigenvalue weighted by Crippen LogP contribution is 2.26. The Kier molecular flexibility index (Phi) is 5.79. The maximum Gasteiger partial charge on any atom is 0.335 e. The molecule has 32 heavy (non-hydrogen) atoms. The second kappa shape index (κ2) is 8.68. The number of carboxylic acid groups (broad SMARTS) is 1. The summed E-state index contributed by atoms with van der Waals surface area (Å²) < 4.78 is 22.8. The first-order chi connectivity index (χ1) is 15.4. The van der Waals surface area contributed by atoms with Crippen LogP contribution in [-0.4, -0.2) is 56.4 Å². The normalized spacial score (nSPS) is 13.7. The minimum Gasteiger partial charge on any atom is -0.478 e. The van der Waals surface area contributed by atoms with E-state index >= 15 is 0 Å². The van der Waals surface area contributed by atoms with Gasteiger partial charge in [0.1, 0.15) is 0 Å². The molecule has 0 spiro atoms. The van der Waals surface area contributed by atoms with Crippen molar-refractivity contribution >= 4 is 23.1 Å². The van der Waals surface area contributed by atoms with E-state index in [1.54, 1.807) is 11.5 Å². The topological polar surface area (TPSA) is 115 Å². The minimum absolute atomic E-state index is 0.164. The molecule has 3 heterocycles. The van der Waals surface area contributed by atoms with E-state index in [0.29, 0.717) is 19.0 Å². The Balaban J connectivity index is 1.80. The second-order valence-corrected chi connectivity index (χ2v) is 7.14. The van der Waals surface area contributed by atoms with Crippen molar-refractivity contribution in [1.29, 1.82) is 0 Å². The van der Waals surface area contributed by atoms with Gasteiger partial charge in [0, 0.05) is 33.2 Å². The summed E-state index contributed by atoms with van der Waals surface area (Å²) in [5.74, 6) is 3.99. The Labute approximate surface area is 182 Å². The molecule has 1 aliphatic heterocycles. The van der Waals surface area contributed by atoms with Crippen LogP contribution in [0.5, 0.6) is 11.8 Å². The lowest BCUT2D eigenvalue weighted by Crippen LogP contribution is -2.44. The molecule has 1 aromatic carbocycles. The highest BCUT2D eigenvalue weighted by Gasteiger charge is 2.24. The molecule has 2 N–H and O–H groups in total. The standard InChI is InChI=1S/C21H21FN6O4/c1-3-4-9-28-16-17(24-20(28)27-10-7-23-8-11-27)25-21(26(2)18(16)29)32-15-6-5-13(19(30)31)12-14(15)22/h5-6,12,23H,7-11H2,1-2H3,(H,30,31). The van der Waals surface area contributed by atoms with E-state index < -0.39 is 17.3 Å². The van der Waals surface area contributed by atoms with Crippen molar-refractivity contribution in [3.8, 4) is 23.6 Å². The van der Waals surface area contributed by atoms with Crippen molar-refractivity contribution in [3.63, 3.8) is 0 Å². The van der Waals surface area contributed by atoms with Crippen molar-refractivity contribution in [2.45, 2.75) is 13.5 Å². The second-order valence-electron chi connectivity index (χ2n) is 7.14. The third-order valence-corrected chi connectivity index (χ3v) is 5.12. The number of aromatic carboxylic acids is 1. The number of halogens is 1. The van der Waals surface area contributed by atoms with E-state index in [0.717, 1.165) is 23.7 Å². The Hall–Kier alpha value is -3.91. The number of fused-ring (bicyclic) bond motifs is 1. The van der Waals surface area contributed by atoms with Gasteiger partial charge >= 0.3 is 12.0 Å². The number of carbonyl (C=O) groups is 1. The molecule has 0 unspecified atom stereocenters. The third-order valence-electron chi connectivity index (χ3n) is 5.12. The van der Waals surface area contributed by atoms with Crippen molar-refractivity contribution in [1.82, 2.24) is 24.4 Å². The van der Waals surface area contributed by atoms with Gasteiger partial charge in [-0.3, -0.25) is 13.9 Å². The van der Waals surface area contributed by atoms with Gasteiger partial charge in [0.15, 0.2) is 22.7 Å². The largest absolute Gasteiger partial charge is 0.478 e. The number of piperazine rings is 1. The van der Waals surface area contributed by atoms with Crippen LogP contribution in [0.1, 0.15) is 17.3 Å². The molecule has 0 amide bonds. The first-order valence-electron chi connectivity index (χ1n) is 9.94. The van der Waals surface area contributed by atoms with E-state index in [2.05, 4.69) is 32.0 Å². The SMILES string of the molecule is CC#CCn1c(N2CCNCC2)nc2nc(Oc3ccc(C(=O)O)cc3F)n(C)c(=O)c21. The lowest BCUT2D eigenvalue weighted by Gasteiger charge is -2.28. The minimum atomic E-state index is -1.26. The Bertz CT molecular complexity index is 1310. The van der Waals surface area contributed by atoms with Gasteiger partial charge in [-0.1, -0.05) is 5.92 Å². The highest BCUT2D eigenvalue weighted by atomic mass is 19.1. The van der Waals surface area contributed by atoms with Crippen molar-refractivity contribution in [2.75, 3.05) is 31.1 Å². The Morgan fingerprint density at radius 1 is 1.31 bits per heavy atom. The van der Waals surface area contributed by atoms with Gasteiger partial charge in [-0.15, -0.1) is 5.92 Å². The third kappa shape index (κ3) is 3.88. The number of carboxylic acids is 1. The van der Waals surface area contributed by atoms with Crippen LogP contribution in [-0.2, 0) is 13.6 Å². The molecule has 0 atom stereocenters. The average Bonchev–Trinajstić information content (AvgIpc) is 3.15. The van der Waals surface area contributed by atoms with Gasteiger partial charge in [0.2, 0.25) is 5.95 Å². The molecule has 1 saturated heterocycles. The fraction of sp³-hybridized carbons (Fsp3) is 0.333. The highest BCUT2D eigenvalue weighted by molar-refractivity contribution is 5.87. The van der Waals surface area contributed by atoms with Gasteiger partial charge < -0.3 is 20.1 Å². The zero-order chi connectivity index (χ0) is 22.8. The van der Waals surface area contributed by atoms with E-state index in [-0.39, 0.29) is 35.0 Å². The summed E-state index contributed by atoms with van der Waals surface area (Å²) in [5, 5.41) is 12.3. The summed E-state index contributed by atoms with van der Waals surface area (Å²) in [6.07, 6.45) is 0. The molecule has 166 valence electrons. The van der Waals surface area contributed by atoms with E-state index in [1.165, 1.54) is 19.2 Å². The Morgan fingerprint density at radius 2 is 2.06 bits per heavy atom. The molecular formula is C21H21FN6O4. The number of rotatable bonds is 5. The monoisotopic (exact) mass is 440 g/mol. The van der Waals surface area contributed by atoms with Crippen molar-refractivity contribution in [2.24, 2.45) is 7.05 Å². The number of aromatic nitrogens is 4. The van der Waals surface area contributed by atoms with Crippen LogP contribution < -0.4 is 20.5 Å². The molecule has 1 fully saturated rings. The average molecular weight is 440 g/mol. The molecule has 0 bridgehead atoms. The summed E-state index contributed by atoms with van der Waals surface area (Å²) in [7, 11) is 1.46. The zero-order valence-corrected chi connectivity index (χ0v) is 17.6. The maximum absolute atomic E-state index is 14.3. The molecular weight excluding hydrogens is 419 g/mol. The summed E-state index contributed by atoms with van der Waals surface area (Å²) in [6.45, 7) is 4.99. The Morgan fingerprint density at radius 3 is 2.72 bits per heavy atom. The van der Waals surface area contributed by atoms with Crippen LogP contribution in [0.25, 0.3) is 11.2 Å². The molecule has 2 aromatic heterocycles. The molecule has 0 radical (unpaired) electrons. The first-order valence-corrected chi connectivity index (χ1v) is 9.94. The number of imidazole rings is 1. The van der Waals surface area contributed by atoms with E-state index in [4.69, 9.17) is 9.84 Å². The van der Waals surface area contributed by atoms with Gasteiger partial charge in [-0.05, 0) is 25.1 Å². The van der Waals surface area contributed by atoms with E-state index in [1.807, 2.05) is 0 Å². The summed E-state index contributed by atoms with van der Waals surface area (Å²) >= 11 is 0. The smallest absolute Gasteiger partial charge is 0.335 e. The molecule has 4 rings (SSSR count).